The van der Waals surface area contributed by atoms with Gasteiger partial charge in [0.05, 0.1) is 18.5 Å². The summed E-state index contributed by atoms with van der Waals surface area (Å²) < 4.78 is 7.01. The molecule has 2 heterocycles. The van der Waals surface area contributed by atoms with Crippen molar-refractivity contribution in [2.75, 3.05) is 38.2 Å². The number of piperazine rings is 1. The predicted octanol–water partition coefficient (Wildman–Crippen LogP) is 3.81. The molecule has 150 valence electrons. The molecule has 0 unspecified atom stereocenters. The minimum absolute atomic E-state index is 0.0100. The lowest BCUT2D eigenvalue weighted by Crippen LogP contribution is -2.49. The Labute approximate surface area is 175 Å². The third-order valence-corrected chi connectivity index (χ3v) is 5.36. The van der Waals surface area contributed by atoms with Gasteiger partial charge < -0.3 is 14.5 Å². The number of rotatable bonds is 4. The van der Waals surface area contributed by atoms with E-state index < -0.39 is 0 Å². The molecule has 29 heavy (non-hydrogen) atoms. The number of carbonyl (C=O) groups excluding carboxylic acids is 1. The Bertz CT molecular complexity index is 1010. The number of hydrogen-bond acceptors (Lipinski definition) is 4. The first kappa shape index (κ1) is 19.3. The van der Waals surface area contributed by atoms with Gasteiger partial charge in [0.25, 0.3) is 5.91 Å². The van der Waals surface area contributed by atoms with Crippen LogP contribution in [0.2, 0.25) is 5.02 Å². The molecule has 7 heteroatoms. The second kappa shape index (κ2) is 8.17. The fourth-order valence-corrected chi connectivity index (χ4v) is 3.70. The largest absolute Gasteiger partial charge is 0.497 e. The summed E-state index contributed by atoms with van der Waals surface area (Å²) >= 11 is 5.98. The molecule has 0 N–H and O–H groups in total. The molecule has 0 atom stereocenters. The highest BCUT2D eigenvalue weighted by Crippen LogP contribution is 2.22. The Kier molecular flexibility index (Phi) is 5.45. The summed E-state index contributed by atoms with van der Waals surface area (Å²) in [5.41, 5.74) is 3.30. The van der Waals surface area contributed by atoms with E-state index in [9.17, 15) is 4.79 Å². The van der Waals surface area contributed by atoms with Crippen LogP contribution in [0.25, 0.3) is 5.69 Å². The molecule has 2 aromatic carbocycles. The van der Waals surface area contributed by atoms with E-state index in [1.807, 2.05) is 66.4 Å². The highest BCUT2D eigenvalue weighted by molar-refractivity contribution is 6.30. The average Bonchev–Trinajstić information content (AvgIpc) is 3.15. The van der Waals surface area contributed by atoms with Gasteiger partial charge in [-0.05, 0) is 49.4 Å². The molecule has 0 saturated carbocycles. The number of aromatic nitrogens is 2. The second-order valence-corrected chi connectivity index (χ2v) is 7.48. The van der Waals surface area contributed by atoms with E-state index in [2.05, 4.69) is 10.00 Å². The number of amides is 1. The van der Waals surface area contributed by atoms with E-state index in [-0.39, 0.29) is 5.91 Å². The normalized spacial score (nSPS) is 14.2. The smallest absolute Gasteiger partial charge is 0.272 e. The highest BCUT2D eigenvalue weighted by atomic mass is 35.5. The van der Waals surface area contributed by atoms with Crippen LogP contribution < -0.4 is 9.64 Å². The Morgan fingerprint density at radius 3 is 2.41 bits per heavy atom. The lowest BCUT2D eigenvalue weighted by atomic mass is 10.2. The predicted molar refractivity (Wildman–Crippen MR) is 114 cm³/mol. The van der Waals surface area contributed by atoms with Gasteiger partial charge in [0.15, 0.2) is 0 Å². The number of nitrogens with zero attached hydrogens (tertiary/aromatic N) is 4. The van der Waals surface area contributed by atoms with E-state index in [1.54, 1.807) is 11.8 Å². The van der Waals surface area contributed by atoms with Gasteiger partial charge in [-0.3, -0.25) is 4.79 Å². The van der Waals surface area contributed by atoms with Crippen LogP contribution in [0.1, 0.15) is 16.2 Å². The number of methoxy groups -OCH3 is 1. The molecule has 3 aromatic rings. The monoisotopic (exact) mass is 410 g/mol. The first-order valence-electron chi connectivity index (χ1n) is 9.56. The van der Waals surface area contributed by atoms with Crippen molar-refractivity contribution < 1.29 is 9.53 Å². The van der Waals surface area contributed by atoms with Gasteiger partial charge >= 0.3 is 0 Å². The zero-order valence-electron chi connectivity index (χ0n) is 16.5. The van der Waals surface area contributed by atoms with Gasteiger partial charge in [-0.1, -0.05) is 17.7 Å². The maximum absolute atomic E-state index is 13.2. The number of ether oxygens (including phenoxy) is 1. The van der Waals surface area contributed by atoms with Gasteiger partial charge in [0.2, 0.25) is 0 Å². The number of benzene rings is 2. The van der Waals surface area contributed by atoms with Crippen molar-refractivity contribution in [1.29, 1.82) is 0 Å². The molecule has 0 radical (unpaired) electrons. The number of hydrogen-bond donors (Lipinski definition) is 0. The molecule has 0 aliphatic carbocycles. The molecule has 6 nitrogen and oxygen atoms in total. The lowest BCUT2D eigenvalue weighted by molar-refractivity contribution is 0.0737. The summed E-state index contributed by atoms with van der Waals surface area (Å²) in [6.07, 6.45) is 0. The van der Waals surface area contributed by atoms with Crippen molar-refractivity contribution in [1.82, 2.24) is 14.7 Å². The Morgan fingerprint density at radius 2 is 1.72 bits per heavy atom. The second-order valence-electron chi connectivity index (χ2n) is 7.04. The fraction of sp³-hybridized carbons (Fsp3) is 0.273. The fourth-order valence-electron chi connectivity index (χ4n) is 3.57. The van der Waals surface area contributed by atoms with Crippen LogP contribution in [-0.2, 0) is 0 Å². The maximum Gasteiger partial charge on any atom is 0.272 e. The molecule has 0 spiro atoms. The highest BCUT2D eigenvalue weighted by Gasteiger charge is 2.25. The quantitative estimate of drug-likeness (QED) is 0.656. The van der Waals surface area contributed by atoms with Crippen molar-refractivity contribution in [2.24, 2.45) is 0 Å². The number of carbonyl (C=O) groups is 1. The van der Waals surface area contributed by atoms with Gasteiger partial charge in [-0.15, -0.1) is 0 Å². The van der Waals surface area contributed by atoms with Crippen LogP contribution in [0.5, 0.6) is 5.75 Å². The maximum atomic E-state index is 13.2. The zero-order chi connectivity index (χ0) is 20.4. The number of aryl methyl sites for hydroxylation is 1. The molecular formula is C22H23ClN4O2. The topological polar surface area (TPSA) is 50.6 Å². The van der Waals surface area contributed by atoms with E-state index in [1.165, 1.54) is 0 Å². The zero-order valence-corrected chi connectivity index (χ0v) is 17.3. The summed E-state index contributed by atoms with van der Waals surface area (Å²) in [6.45, 7) is 4.76. The summed E-state index contributed by atoms with van der Waals surface area (Å²) in [5, 5.41) is 5.26. The first-order valence-corrected chi connectivity index (χ1v) is 9.94. The lowest BCUT2D eigenvalue weighted by Gasteiger charge is -2.36. The molecule has 1 aliphatic rings. The van der Waals surface area contributed by atoms with E-state index in [4.69, 9.17) is 16.3 Å². The van der Waals surface area contributed by atoms with Crippen molar-refractivity contribution in [3.8, 4) is 11.4 Å². The summed E-state index contributed by atoms with van der Waals surface area (Å²) in [4.78, 5) is 17.4. The Hall–Kier alpha value is -2.99. The van der Waals surface area contributed by atoms with E-state index in [0.29, 0.717) is 18.8 Å². The van der Waals surface area contributed by atoms with Crippen LogP contribution in [0.4, 0.5) is 5.69 Å². The number of halogens is 1. The summed E-state index contributed by atoms with van der Waals surface area (Å²) in [5.74, 6) is 0.717. The average molecular weight is 411 g/mol. The first-order chi connectivity index (χ1) is 14.0. The van der Waals surface area contributed by atoms with Crippen LogP contribution in [0.3, 0.4) is 0 Å². The Balaban J connectivity index is 1.51. The van der Waals surface area contributed by atoms with Crippen LogP contribution in [0, 0.1) is 6.92 Å². The minimum Gasteiger partial charge on any atom is -0.497 e. The van der Waals surface area contributed by atoms with Gasteiger partial charge in [-0.25, -0.2) is 4.68 Å². The SMILES string of the molecule is COc1cccc(-n2nc(C)cc2C(=O)N2CCN(c3ccc(Cl)cc3)CC2)c1. The number of anilines is 1. The molecule has 1 aromatic heterocycles. The van der Waals surface area contributed by atoms with Gasteiger partial charge in [0, 0.05) is 43.0 Å². The molecule has 1 aliphatic heterocycles. The van der Waals surface area contributed by atoms with Gasteiger partial charge in [0.1, 0.15) is 11.4 Å². The van der Waals surface area contributed by atoms with E-state index in [0.717, 1.165) is 40.9 Å². The van der Waals surface area contributed by atoms with Crippen LogP contribution >= 0.6 is 11.6 Å². The molecular weight excluding hydrogens is 388 g/mol. The van der Waals surface area contributed by atoms with Crippen LogP contribution in [0.15, 0.2) is 54.6 Å². The van der Waals surface area contributed by atoms with Crippen molar-refractivity contribution in [3.05, 3.63) is 71.0 Å². The summed E-state index contributed by atoms with van der Waals surface area (Å²) in [7, 11) is 1.62. The van der Waals surface area contributed by atoms with E-state index >= 15 is 0 Å². The molecule has 1 fully saturated rings. The standard InChI is InChI=1S/C22H23ClN4O2/c1-16-14-21(27(24-16)19-4-3-5-20(15-19)29-2)22(28)26-12-10-25(11-13-26)18-8-6-17(23)7-9-18/h3-9,14-15H,10-13H2,1-2H3. The molecule has 1 saturated heterocycles. The summed E-state index contributed by atoms with van der Waals surface area (Å²) in [6, 6.07) is 17.2. The van der Waals surface area contributed by atoms with Crippen molar-refractivity contribution in [2.45, 2.75) is 6.92 Å². The molecule has 1 amide bonds. The van der Waals surface area contributed by atoms with Crippen molar-refractivity contribution >= 4 is 23.2 Å². The van der Waals surface area contributed by atoms with Crippen molar-refractivity contribution in [3.63, 3.8) is 0 Å². The third-order valence-electron chi connectivity index (χ3n) is 5.11. The van der Waals surface area contributed by atoms with Crippen LogP contribution in [-0.4, -0.2) is 53.9 Å². The molecule has 0 bridgehead atoms. The molecule has 4 rings (SSSR count). The minimum atomic E-state index is -0.0100. The Morgan fingerprint density at radius 1 is 1.00 bits per heavy atom. The van der Waals surface area contributed by atoms with Gasteiger partial charge in [-0.2, -0.15) is 5.10 Å². The third kappa shape index (κ3) is 4.07.